The lowest BCUT2D eigenvalue weighted by Gasteiger charge is -2.11. The monoisotopic (exact) mass is 311 g/mol. The zero-order valence-electron chi connectivity index (χ0n) is 11.1. The summed E-state index contributed by atoms with van der Waals surface area (Å²) in [5.74, 6) is 2.03. The molecule has 6 heteroatoms. The zero-order valence-corrected chi connectivity index (χ0v) is 12.6. The largest absolute Gasteiger partial charge is 0.497 e. The van der Waals surface area contributed by atoms with E-state index in [1.165, 1.54) is 6.33 Å². The molecule has 1 N–H and O–H groups in total. The van der Waals surface area contributed by atoms with Gasteiger partial charge in [-0.25, -0.2) is 9.97 Å². The van der Waals surface area contributed by atoms with Gasteiger partial charge in [-0.1, -0.05) is 23.7 Å². The third kappa shape index (κ3) is 3.74. The maximum Gasteiger partial charge on any atom is 0.137 e. The summed E-state index contributed by atoms with van der Waals surface area (Å²) in [4.78, 5) is 8.19. The molecular weight excluding hydrogens is 297 g/mol. The molecule has 0 spiro atoms. The van der Waals surface area contributed by atoms with E-state index < -0.39 is 0 Å². The molecule has 1 heterocycles. The van der Waals surface area contributed by atoms with Crippen molar-refractivity contribution in [3.63, 3.8) is 0 Å². The van der Waals surface area contributed by atoms with Crippen LogP contribution >= 0.6 is 23.2 Å². The van der Waals surface area contributed by atoms with Crippen molar-refractivity contribution in [2.24, 2.45) is 0 Å². The number of anilines is 1. The topological polar surface area (TPSA) is 47.0 Å². The first kappa shape index (κ1) is 14.9. The molecule has 4 nitrogen and oxygen atoms in total. The van der Waals surface area contributed by atoms with Crippen molar-refractivity contribution >= 4 is 29.0 Å². The van der Waals surface area contributed by atoms with Crippen LogP contribution in [0.4, 0.5) is 5.82 Å². The molecule has 0 aliphatic carbocycles. The molecule has 0 aliphatic heterocycles. The fraction of sp³-hybridized carbons (Fsp3) is 0.286. The van der Waals surface area contributed by atoms with Crippen LogP contribution in [0.15, 0.2) is 30.6 Å². The van der Waals surface area contributed by atoms with Crippen LogP contribution in [0.3, 0.4) is 0 Å². The first-order valence-electron chi connectivity index (χ1n) is 6.16. The van der Waals surface area contributed by atoms with E-state index in [2.05, 4.69) is 15.3 Å². The molecule has 1 aromatic carbocycles. The molecule has 0 unspecified atom stereocenters. The highest BCUT2D eigenvalue weighted by atomic mass is 35.5. The lowest BCUT2D eigenvalue weighted by Crippen LogP contribution is -2.06. The first-order valence-corrected chi connectivity index (χ1v) is 7.08. The molecule has 0 bridgehead atoms. The van der Waals surface area contributed by atoms with Crippen molar-refractivity contribution < 1.29 is 4.74 Å². The predicted molar refractivity (Wildman–Crippen MR) is 81.8 cm³/mol. The van der Waals surface area contributed by atoms with Crippen LogP contribution < -0.4 is 10.1 Å². The summed E-state index contributed by atoms with van der Waals surface area (Å²) in [6.45, 7) is 0.645. The van der Waals surface area contributed by atoms with Gasteiger partial charge in [0.15, 0.2) is 0 Å². The minimum Gasteiger partial charge on any atom is -0.497 e. The smallest absolute Gasteiger partial charge is 0.137 e. The van der Waals surface area contributed by atoms with Crippen LogP contribution in [0.2, 0.25) is 5.15 Å². The van der Waals surface area contributed by atoms with Gasteiger partial charge in [-0.05, 0) is 24.1 Å². The van der Waals surface area contributed by atoms with Gasteiger partial charge in [0.1, 0.15) is 23.0 Å². The number of halogens is 2. The number of benzene rings is 1. The minimum atomic E-state index is 0.442. The third-order valence-electron chi connectivity index (χ3n) is 2.86. The Morgan fingerprint density at radius 2 is 1.95 bits per heavy atom. The second-order valence-electron chi connectivity index (χ2n) is 4.13. The van der Waals surface area contributed by atoms with Crippen molar-refractivity contribution in [3.05, 3.63) is 46.9 Å². The van der Waals surface area contributed by atoms with Gasteiger partial charge in [0.25, 0.3) is 0 Å². The summed E-state index contributed by atoms with van der Waals surface area (Å²) < 4.78 is 5.13. The fourth-order valence-corrected chi connectivity index (χ4v) is 2.21. The Labute approximate surface area is 128 Å². The quantitative estimate of drug-likeness (QED) is 0.655. The maximum absolute atomic E-state index is 6.06. The van der Waals surface area contributed by atoms with Gasteiger partial charge in [0, 0.05) is 18.0 Å². The van der Waals surface area contributed by atoms with Crippen LogP contribution in [-0.2, 0) is 13.0 Å². The van der Waals surface area contributed by atoms with E-state index in [0.29, 0.717) is 24.0 Å². The number of methoxy groups -OCH3 is 1. The number of rotatable bonds is 6. The van der Waals surface area contributed by atoms with E-state index in [4.69, 9.17) is 27.9 Å². The second kappa shape index (κ2) is 7.31. The number of nitrogens with one attached hydrogen (secondary N) is 1. The maximum atomic E-state index is 6.06. The average Bonchev–Trinajstić information content (AvgIpc) is 2.48. The third-order valence-corrected chi connectivity index (χ3v) is 3.37. The van der Waals surface area contributed by atoms with Gasteiger partial charge >= 0.3 is 0 Å². The number of alkyl halides is 1. The van der Waals surface area contributed by atoms with Crippen molar-refractivity contribution in [1.82, 2.24) is 9.97 Å². The summed E-state index contributed by atoms with van der Waals surface area (Å²) in [6, 6.07) is 7.83. The summed E-state index contributed by atoms with van der Waals surface area (Å²) >= 11 is 11.8. The van der Waals surface area contributed by atoms with Gasteiger partial charge in [-0.2, -0.15) is 0 Å². The van der Waals surface area contributed by atoms with Crippen molar-refractivity contribution in [2.45, 2.75) is 13.0 Å². The van der Waals surface area contributed by atoms with Gasteiger partial charge < -0.3 is 10.1 Å². The Hall–Kier alpha value is -1.52. The normalized spacial score (nSPS) is 10.3. The molecule has 0 fully saturated rings. The van der Waals surface area contributed by atoms with Crippen LogP contribution in [-0.4, -0.2) is 23.0 Å². The van der Waals surface area contributed by atoms with Crippen LogP contribution in [0.5, 0.6) is 5.75 Å². The Bertz CT molecular complexity index is 561. The van der Waals surface area contributed by atoms with E-state index in [-0.39, 0.29) is 0 Å². The van der Waals surface area contributed by atoms with E-state index in [9.17, 15) is 0 Å². The Morgan fingerprint density at radius 1 is 1.20 bits per heavy atom. The zero-order chi connectivity index (χ0) is 14.4. The van der Waals surface area contributed by atoms with E-state index in [0.717, 1.165) is 22.7 Å². The van der Waals surface area contributed by atoms with E-state index in [1.807, 2.05) is 24.3 Å². The number of hydrogen-bond acceptors (Lipinski definition) is 4. The minimum absolute atomic E-state index is 0.442. The highest BCUT2D eigenvalue weighted by Crippen LogP contribution is 2.21. The molecule has 106 valence electrons. The molecule has 0 amide bonds. The molecule has 0 aliphatic rings. The summed E-state index contributed by atoms with van der Waals surface area (Å²) in [6.07, 6.45) is 2.07. The molecular formula is C14H15Cl2N3O. The summed E-state index contributed by atoms with van der Waals surface area (Å²) in [7, 11) is 1.65. The highest BCUT2D eigenvalue weighted by Gasteiger charge is 2.09. The number of nitrogens with zero attached hydrogens (tertiary/aromatic N) is 2. The van der Waals surface area contributed by atoms with Crippen LogP contribution in [0, 0.1) is 0 Å². The second-order valence-corrected chi connectivity index (χ2v) is 4.87. The van der Waals surface area contributed by atoms with Crippen LogP contribution in [0.25, 0.3) is 0 Å². The Morgan fingerprint density at radius 3 is 2.60 bits per heavy atom. The molecule has 0 saturated carbocycles. The Balaban J connectivity index is 2.08. The molecule has 2 aromatic rings. The predicted octanol–water partition coefficient (Wildman–Crippen LogP) is 3.53. The summed E-state index contributed by atoms with van der Waals surface area (Å²) in [5, 5.41) is 3.70. The van der Waals surface area contributed by atoms with Crippen LogP contribution in [0.1, 0.15) is 11.1 Å². The van der Waals surface area contributed by atoms with Crippen molar-refractivity contribution in [3.8, 4) is 5.75 Å². The fourth-order valence-electron chi connectivity index (χ4n) is 1.79. The Kier molecular flexibility index (Phi) is 5.44. The molecule has 2 rings (SSSR count). The molecule has 0 radical (unpaired) electrons. The van der Waals surface area contributed by atoms with Crippen molar-refractivity contribution in [1.29, 1.82) is 0 Å². The molecule has 20 heavy (non-hydrogen) atoms. The van der Waals surface area contributed by atoms with Crippen molar-refractivity contribution in [2.75, 3.05) is 18.3 Å². The highest BCUT2D eigenvalue weighted by molar-refractivity contribution is 6.30. The van der Waals surface area contributed by atoms with E-state index >= 15 is 0 Å². The lowest BCUT2D eigenvalue weighted by atomic mass is 10.2. The number of aromatic nitrogens is 2. The SMILES string of the molecule is COc1ccc(CNc2ncnc(Cl)c2CCCl)cc1. The molecule has 1 aromatic heterocycles. The molecule has 0 saturated heterocycles. The van der Waals surface area contributed by atoms with Gasteiger partial charge in [-0.15, -0.1) is 11.6 Å². The first-order chi connectivity index (χ1) is 9.74. The molecule has 0 atom stereocenters. The van der Waals surface area contributed by atoms with E-state index in [1.54, 1.807) is 7.11 Å². The van der Waals surface area contributed by atoms with Gasteiger partial charge in [-0.3, -0.25) is 0 Å². The average molecular weight is 312 g/mol. The summed E-state index contributed by atoms with van der Waals surface area (Å²) in [5.41, 5.74) is 1.97. The van der Waals surface area contributed by atoms with Gasteiger partial charge in [0.2, 0.25) is 0 Å². The number of hydrogen-bond donors (Lipinski definition) is 1. The standard InChI is InChI=1S/C14H15Cl2N3O/c1-20-11-4-2-10(3-5-11)8-17-14-12(6-7-15)13(16)18-9-19-14/h2-5,9H,6-8H2,1H3,(H,17,18,19). The van der Waals surface area contributed by atoms with Gasteiger partial charge in [0.05, 0.1) is 7.11 Å². The lowest BCUT2D eigenvalue weighted by molar-refractivity contribution is 0.414. The number of ether oxygens (including phenoxy) is 1.